The van der Waals surface area contributed by atoms with Crippen molar-refractivity contribution >= 4 is 0 Å². The van der Waals surface area contributed by atoms with Crippen molar-refractivity contribution in [3.63, 3.8) is 0 Å². The first-order valence-corrected chi connectivity index (χ1v) is 7.78. The van der Waals surface area contributed by atoms with Gasteiger partial charge < -0.3 is 9.88 Å². The van der Waals surface area contributed by atoms with Gasteiger partial charge >= 0.3 is 0 Å². The van der Waals surface area contributed by atoms with Crippen LogP contribution in [0.15, 0.2) is 18.7 Å². The van der Waals surface area contributed by atoms with Gasteiger partial charge in [0.15, 0.2) is 0 Å². The van der Waals surface area contributed by atoms with E-state index in [0.29, 0.717) is 0 Å². The first-order valence-electron chi connectivity index (χ1n) is 7.78. The van der Waals surface area contributed by atoms with Crippen LogP contribution in [0.1, 0.15) is 39.0 Å². The Labute approximate surface area is 116 Å². The van der Waals surface area contributed by atoms with E-state index in [1.165, 1.54) is 38.6 Å². The van der Waals surface area contributed by atoms with Crippen LogP contribution in [0.4, 0.5) is 0 Å². The van der Waals surface area contributed by atoms with Crippen LogP contribution < -0.4 is 5.32 Å². The van der Waals surface area contributed by atoms with Gasteiger partial charge in [0, 0.05) is 43.6 Å². The molecular formula is C15H26N4. The Morgan fingerprint density at radius 1 is 1.32 bits per heavy atom. The molecule has 1 saturated heterocycles. The molecule has 1 aromatic heterocycles. The van der Waals surface area contributed by atoms with E-state index in [1.54, 1.807) is 0 Å². The third kappa shape index (κ3) is 3.57. The largest absolute Gasteiger partial charge is 0.337 e. The topological polar surface area (TPSA) is 33.1 Å². The zero-order chi connectivity index (χ0) is 13.1. The molecule has 2 unspecified atom stereocenters. The highest BCUT2D eigenvalue weighted by molar-refractivity contribution is 4.95. The van der Waals surface area contributed by atoms with E-state index in [4.69, 9.17) is 0 Å². The molecule has 0 radical (unpaired) electrons. The van der Waals surface area contributed by atoms with Crippen molar-refractivity contribution in [2.75, 3.05) is 13.1 Å². The van der Waals surface area contributed by atoms with Crippen molar-refractivity contribution in [1.82, 2.24) is 19.8 Å². The van der Waals surface area contributed by atoms with Gasteiger partial charge in [-0.2, -0.15) is 0 Å². The van der Waals surface area contributed by atoms with Crippen LogP contribution in [-0.4, -0.2) is 45.7 Å². The summed E-state index contributed by atoms with van der Waals surface area (Å²) in [6, 6.07) is 2.43. The van der Waals surface area contributed by atoms with Crippen LogP contribution in [0.3, 0.4) is 0 Å². The third-order valence-corrected chi connectivity index (χ3v) is 4.47. The first-order chi connectivity index (χ1) is 9.33. The molecule has 2 fully saturated rings. The fourth-order valence-corrected chi connectivity index (χ4v) is 3.26. The van der Waals surface area contributed by atoms with Crippen molar-refractivity contribution < 1.29 is 0 Å². The van der Waals surface area contributed by atoms with Gasteiger partial charge in [-0.25, -0.2) is 4.98 Å². The highest BCUT2D eigenvalue weighted by atomic mass is 15.3. The number of rotatable bonds is 7. The number of nitrogens with zero attached hydrogens (tertiary/aromatic N) is 3. The summed E-state index contributed by atoms with van der Waals surface area (Å²) in [5, 5.41) is 3.74. The number of unbranched alkanes of at least 4 members (excludes halogenated alkanes) is 1. The monoisotopic (exact) mass is 262 g/mol. The van der Waals surface area contributed by atoms with Crippen LogP contribution in [0.25, 0.3) is 0 Å². The second-order valence-corrected chi connectivity index (χ2v) is 6.17. The molecule has 4 nitrogen and oxygen atoms in total. The zero-order valence-electron chi connectivity index (χ0n) is 12.0. The Hall–Kier alpha value is -0.870. The lowest BCUT2D eigenvalue weighted by Crippen LogP contribution is -2.34. The van der Waals surface area contributed by atoms with Crippen molar-refractivity contribution in [3.8, 4) is 0 Å². The normalized spacial score (nSPS) is 28.1. The Bertz CT molecular complexity index is 372. The summed E-state index contributed by atoms with van der Waals surface area (Å²) in [7, 11) is 0. The summed E-state index contributed by atoms with van der Waals surface area (Å²) in [6.45, 7) is 5.91. The van der Waals surface area contributed by atoms with Crippen LogP contribution in [0.2, 0.25) is 0 Å². The maximum absolute atomic E-state index is 4.06. The lowest BCUT2D eigenvalue weighted by Gasteiger charge is -2.19. The molecule has 0 amide bonds. The minimum Gasteiger partial charge on any atom is -0.337 e. The van der Waals surface area contributed by atoms with Gasteiger partial charge in [-0.3, -0.25) is 4.90 Å². The molecule has 106 valence electrons. The number of likely N-dealkylation sites (tertiary alicyclic amines) is 1. The van der Waals surface area contributed by atoms with Gasteiger partial charge in [0.1, 0.15) is 0 Å². The SMILES string of the molecule is CC1CC(NCCCCn2ccnc2)CN1C1CC1. The highest BCUT2D eigenvalue weighted by Gasteiger charge is 2.38. The van der Waals surface area contributed by atoms with E-state index in [9.17, 15) is 0 Å². The number of nitrogens with one attached hydrogen (secondary N) is 1. The van der Waals surface area contributed by atoms with E-state index in [-0.39, 0.29) is 0 Å². The summed E-state index contributed by atoms with van der Waals surface area (Å²) in [6.07, 6.45) is 12.5. The fraction of sp³-hybridized carbons (Fsp3) is 0.800. The number of aryl methyl sites for hydroxylation is 1. The van der Waals surface area contributed by atoms with Gasteiger partial charge in [-0.1, -0.05) is 0 Å². The van der Waals surface area contributed by atoms with Gasteiger partial charge in [-0.15, -0.1) is 0 Å². The summed E-state index contributed by atoms with van der Waals surface area (Å²) in [5.74, 6) is 0. The third-order valence-electron chi connectivity index (χ3n) is 4.47. The van der Waals surface area contributed by atoms with Crippen LogP contribution in [0.5, 0.6) is 0 Å². The summed E-state index contributed by atoms with van der Waals surface area (Å²) >= 11 is 0. The maximum atomic E-state index is 4.06. The van der Waals surface area contributed by atoms with Crippen molar-refractivity contribution in [2.45, 2.75) is 63.7 Å². The van der Waals surface area contributed by atoms with Crippen molar-refractivity contribution in [2.24, 2.45) is 0 Å². The summed E-state index contributed by atoms with van der Waals surface area (Å²) in [4.78, 5) is 6.78. The van der Waals surface area contributed by atoms with E-state index < -0.39 is 0 Å². The molecule has 0 spiro atoms. The number of hydrogen-bond donors (Lipinski definition) is 1. The molecule has 1 N–H and O–H groups in total. The van der Waals surface area contributed by atoms with Gasteiger partial charge in [0.05, 0.1) is 6.33 Å². The summed E-state index contributed by atoms with van der Waals surface area (Å²) in [5.41, 5.74) is 0. The highest BCUT2D eigenvalue weighted by Crippen LogP contribution is 2.33. The molecule has 4 heteroatoms. The van der Waals surface area contributed by atoms with Crippen LogP contribution >= 0.6 is 0 Å². The molecule has 0 bridgehead atoms. The molecule has 1 saturated carbocycles. The molecule has 2 aliphatic rings. The van der Waals surface area contributed by atoms with E-state index in [1.807, 2.05) is 18.7 Å². The molecule has 1 aliphatic heterocycles. The Balaban J connectivity index is 1.28. The second-order valence-electron chi connectivity index (χ2n) is 6.17. The van der Waals surface area contributed by atoms with Crippen LogP contribution in [-0.2, 0) is 6.54 Å². The van der Waals surface area contributed by atoms with E-state index >= 15 is 0 Å². The smallest absolute Gasteiger partial charge is 0.0945 e. The zero-order valence-corrected chi connectivity index (χ0v) is 12.0. The quantitative estimate of drug-likeness (QED) is 0.762. The molecule has 3 rings (SSSR count). The Kier molecular flexibility index (Phi) is 4.18. The molecule has 2 atom stereocenters. The lowest BCUT2D eigenvalue weighted by molar-refractivity contribution is 0.255. The average molecular weight is 262 g/mol. The van der Waals surface area contributed by atoms with Gasteiger partial charge in [0.25, 0.3) is 0 Å². The number of aromatic nitrogens is 2. The fourth-order valence-electron chi connectivity index (χ4n) is 3.26. The standard InChI is InChI=1S/C15H26N4/c1-13-10-14(11-19(13)15-4-5-15)17-6-2-3-8-18-9-7-16-12-18/h7,9,12-15,17H,2-6,8,10-11H2,1H3. The number of imidazole rings is 1. The van der Waals surface area contributed by atoms with Crippen molar-refractivity contribution in [1.29, 1.82) is 0 Å². The van der Waals surface area contributed by atoms with Gasteiger partial charge in [0.2, 0.25) is 0 Å². The molecule has 1 aliphatic carbocycles. The van der Waals surface area contributed by atoms with E-state index in [2.05, 4.69) is 26.7 Å². The average Bonchev–Trinajstić information content (AvgIpc) is 2.98. The second kappa shape index (κ2) is 6.06. The Morgan fingerprint density at radius 3 is 2.95 bits per heavy atom. The minimum absolute atomic E-state index is 0.726. The Morgan fingerprint density at radius 2 is 2.21 bits per heavy atom. The molecule has 0 aromatic carbocycles. The first kappa shape index (κ1) is 13.1. The van der Waals surface area contributed by atoms with Gasteiger partial charge in [-0.05, 0) is 45.6 Å². The summed E-state index contributed by atoms with van der Waals surface area (Å²) < 4.78 is 2.16. The number of hydrogen-bond acceptors (Lipinski definition) is 3. The minimum atomic E-state index is 0.726. The maximum Gasteiger partial charge on any atom is 0.0945 e. The predicted octanol–water partition coefficient (Wildman–Crippen LogP) is 1.88. The predicted molar refractivity (Wildman–Crippen MR) is 77.1 cm³/mol. The molecular weight excluding hydrogens is 236 g/mol. The van der Waals surface area contributed by atoms with E-state index in [0.717, 1.165) is 31.2 Å². The molecule has 1 aromatic rings. The molecule has 19 heavy (non-hydrogen) atoms. The molecule has 2 heterocycles. The lowest BCUT2D eigenvalue weighted by atomic mass is 10.2. The van der Waals surface area contributed by atoms with Crippen LogP contribution in [0, 0.1) is 0 Å². The van der Waals surface area contributed by atoms with Crippen molar-refractivity contribution in [3.05, 3.63) is 18.7 Å².